The van der Waals surface area contributed by atoms with Gasteiger partial charge in [-0.1, -0.05) is 49.2 Å². The van der Waals surface area contributed by atoms with Crippen molar-refractivity contribution < 1.29 is 56.6 Å². The van der Waals surface area contributed by atoms with E-state index in [1.165, 1.54) is 36.4 Å². The number of halogens is 5. The van der Waals surface area contributed by atoms with Crippen LogP contribution in [0.1, 0.15) is 54.3 Å². The Labute approximate surface area is 303 Å². The molecule has 1 aliphatic carbocycles. The standard InChI is InChI=1S/C23H26Cl2F2N2O4.C7H5ClO4S.C2H7N.H2O/c1-12(2)21(28)22(30)32-19(8-15-16(24)9-29-10-17(15)25)14-5-6-18(33-23(26)27)20(7-14)31-11-13-3-4-13;8-13(11,12)6-3-1-2-5(4-6)7(9)10;1-3-2;/h5-7,9-10,12-13,19,21,23H,3-4,8,11,28H2,1-2H3;1-4H,(H,9,10);3H,1-2H3;1H2/t19-,21-;;;/m0.../s1. The number of benzene rings is 2. The monoisotopic (exact) mass is 785 g/mol. The number of carbonyl (C=O) groups excluding carboxylic acids is 1. The van der Waals surface area contributed by atoms with Gasteiger partial charge in [-0.05, 0) is 74.7 Å². The van der Waals surface area contributed by atoms with Crippen molar-refractivity contribution in [2.24, 2.45) is 17.6 Å². The van der Waals surface area contributed by atoms with Crippen molar-refractivity contribution >= 4 is 54.9 Å². The second kappa shape index (κ2) is 21.1. The van der Waals surface area contributed by atoms with Crippen LogP contribution in [0.2, 0.25) is 10.0 Å². The normalized spacial score (nSPS) is 13.4. The van der Waals surface area contributed by atoms with Gasteiger partial charge < -0.3 is 35.8 Å². The molecule has 0 unspecified atom stereocenters. The number of ether oxygens (including phenoxy) is 3. The number of rotatable bonds is 13. The first kappa shape index (κ1) is 44.7. The minimum atomic E-state index is -3.85. The Morgan fingerprint density at radius 1 is 1.06 bits per heavy atom. The van der Waals surface area contributed by atoms with E-state index in [1.54, 1.807) is 12.4 Å². The molecule has 1 saturated carbocycles. The lowest BCUT2D eigenvalue weighted by Crippen LogP contribution is -2.38. The van der Waals surface area contributed by atoms with Crippen molar-refractivity contribution in [2.75, 3.05) is 20.7 Å². The number of aromatic amines is 1. The molecular formula is C32H40Cl3F2N3O9S. The van der Waals surface area contributed by atoms with Crippen LogP contribution in [0.25, 0.3) is 0 Å². The summed E-state index contributed by atoms with van der Waals surface area (Å²) in [4.78, 5) is 25.7. The number of hydrogen-bond donors (Lipinski definition) is 3. The molecule has 0 aliphatic heterocycles. The molecule has 2 atom stereocenters. The zero-order chi connectivity index (χ0) is 36.9. The van der Waals surface area contributed by atoms with Crippen LogP contribution in [-0.4, -0.2) is 64.3 Å². The van der Waals surface area contributed by atoms with E-state index in [4.69, 9.17) is 54.2 Å². The van der Waals surface area contributed by atoms with Crippen LogP contribution in [0.3, 0.4) is 0 Å². The number of aromatic nitrogens is 1. The number of alkyl halides is 2. The fourth-order valence-corrected chi connectivity index (χ4v) is 5.21. The van der Waals surface area contributed by atoms with Gasteiger partial charge in [0.2, 0.25) is 0 Å². The molecule has 3 aromatic rings. The molecular weight excluding hydrogens is 747 g/mol. The molecule has 1 aliphatic rings. The molecule has 1 fully saturated rings. The van der Waals surface area contributed by atoms with Crippen LogP contribution >= 0.6 is 33.9 Å². The Balaban J connectivity index is 0.000000613. The highest BCUT2D eigenvalue weighted by molar-refractivity contribution is 8.13. The Morgan fingerprint density at radius 2 is 1.66 bits per heavy atom. The summed E-state index contributed by atoms with van der Waals surface area (Å²) in [5, 5.41) is 12.0. The number of carbonyl (C=O) groups is 2. The van der Waals surface area contributed by atoms with Gasteiger partial charge in [0, 0.05) is 22.7 Å². The number of carboxylic acid groups (broad SMARTS) is 1. The minimum Gasteiger partial charge on any atom is -0.870 e. The van der Waals surface area contributed by atoms with Crippen LogP contribution in [0.5, 0.6) is 11.5 Å². The Hall–Kier alpha value is -3.31. The molecule has 0 bridgehead atoms. The second-order valence-electron chi connectivity index (χ2n) is 11.1. The maximum atomic E-state index is 12.9. The maximum absolute atomic E-state index is 12.9. The van der Waals surface area contributed by atoms with E-state index in [-0.39, 0.29) is 39.8 Å². The lowest BCUT2D eigenvalue weighted by molar-refractivity contribution is -0.377. The first-order valence-electron chi connectivity index (χ1n) is 14.9. The summed E-state index contributed by atoms with van der Waals surface area (Å²) in [7, 11) is 4.91. The van der Waals surface area contributed by atoms with E-state index in [0.717, 1.165) is 18.9 Å². The number of pyridine rings is 1. The van der Waals surface area contributed by atoms with Crippen molar-refractivity contribution in [1.82, 2.24) is 5.32 Å². The molecule has 0 saturated heterocycles. The van der Waals surface area contributed by atoms with Gasteiger partial charge in [0.05, 0.1) is 17.1 Å². The SMILES string of the molecule is CC(C)[C@H](N)C(=O)O[C@@H](Cc1c(Cl)c[nH+]cc1Cl)c1ccc(OC(F)F)c(OCC2CC2)c1.CNC.O=C(O)c1cccc(S(=O)(=O)Cl)c1.[OH-]. The lowest BCUT2D eigenvalue weighted by Gasteiger charge is -2.23. The molecule has 0 radical (unpaired) electrons. The highest BCUT2D eigenvalue weighted by Crippen LogP contribution is 2.38. The summed E-state index contributed by atoms with van der Waals surface area (Å²) in [6, 6.07) is 8.45. The van der Waals surface area contributed by atoms with Crippen LogP contribution < -0.4 is 25.5 Å². The number of nitrogens with two attached hydrogens (primary N) is 1. The number of aromatic carboxylic acids is 1. The first-order valence-corrected chi connectivity index (χ1v) is 17.9. The fraction of sp³-hybridized carbons (Fsp3) is 0.406. The maximum Gasteiger partial charge on any atom is 0.387 e. The van der Waals surface area contributed by atoms with Crippen molar-refractivity contribution in [3.05, 3.63) is 81.6 Å². The van der Waals surface area contributed by atoms with Gasteiger partial charge >= 0.3 is 18.6 Å². The molecule has 50 heavy (non-hydrogen) atoms. The van der Waals surface area contributed by atoms with Crippen molar-refractivity contribution in [3.8, 4) is 11.5 Å². The molecule has 12 nitrogen and oxygen atoms in total. The Morgan fingerprint density at radius 3 is 2.16 bits per heavy atom. The predicted octanol–water partition coefficient (Wildman–Crippen LogP) is 5.98. The van der Waals surface area contributed by atoms with Gasteiger partial charge in [0.1, 0.15) is 22.2 Å². The van der Waals surface area contributed by atoms with Gasteiger partial charge in [-0.3, -0.25) is 4.79 Å². The second-order valence-corrected chi connectivity index (χ2v) is 14.5. The number of nitrogens with one attached hydrogen (secondary N) is 2. The summed E-state index contributed by atoms with van der Waals surface area (Å²) >= 11 is 12.6. The lowest BCUT2D eigenvalue weighted by atomic mass is 10.0. The van der Waals surface area contributed by atoms with E-state index in [1.807, 2.05) is 27.9 Å². The predicted molar refractivity (Wildman–Crippen MR) is 183 cm³/mol. The largest absolute Gasteiger partial charge is 0.870 e. The van der Waals surface area contributed by atoms with Gasteiger partial charge in [0.25, 0.3) is 9.05 Å². The molecule has 18 heteroatoms. The van der Waals surface area contributed by atoms with E-state index in [0.29, 0.717) is 33.7 Å². The fourth-order valence-electron chi connectivity index (χ4n) is 3.88. The van der Waals surface area contributed by atoms with Crippen molar-refractivity contribution in [3.63, 3.8) is 0 Å². The average molecular weight is 787 g/mol. The minimum absolute atomic E-state index is 0. The molecule has 0 amide bonds. The molecule has 6 N–H and O–H groups in total. The van der Waals surface area contributed by atoms with Crippen LogP contribution in [0.4, 0.5) is 8.78 Å². The molecule has 1 aromatic heterocycles. The van der Waals surface area contributed by atoms with E-state index < -0.39 is 39.7 Å². The number of hydrogen-bond acceptors (Lipinski definition) is 10. The third-order valence-corrected chi connectivity index (χ3v) is 8.75. The summed E-state index contributed by atoms with van der Waals surface area (Å²) < 4.78 is 63.5. The van der Waals surface area contributed by atoms with Gasteiger partial charge in [0.15, 0.2) is 23.9 Å². The van der Waals surface area contributed by atoms with E-state index >= 15 is 0 Å². The van der Waals surface area contributed by atoms with E-state index in [2.05, 4.69) is 15.0 Å². The third kappa shape index (κ3) is 14.9. The number of H-pyrrole nitrogens is 1. The molecule has 1 heterocycles. The summed E-state index contributed by atoms with van der Waals surface area (Å²) in [6.45, 7) is 0.997. The summed E-state index contributed by atoms with van der Waals surface area (Å²) in [6.07, 6.45) is 4.47. The Kier molecular flexibility index (Phi) is 18.9. The number of esters is 1. The Bertz CT molecular complexity index is 1650. The quantitative estimate of drug-likeness (QED) is 0.136. The highest BCUT2D eigenvalue weighted by atomic mass is 35.7. The number of carboxylic acids is 1. The third-order valence-electron chi connectivity index (χ3n) is 6.72. The topological polar surface area (TPSA) is 198 Å². The summed E-state index contributed by atoms with van der Waals surface area (Å²) in [5.41, 5.74) is 6.93. The molecule has 2 aromatic carbocycles. The molecule has 278 valence electrons. The molecule has 4 rings (SSSR count). The summed E-state index contributed by atoms with van der Waals surface area (Å²) in [5.74, 6) is -1.49. The van der Waals surface area contributed by atoms with Crippen molar-refractivity contribution in [1.29, 1.82) is 0 Å². The van der Waals surface area contributed by atoms with E-state index in [9.17, 15) is 26.8 Å². The van der Waals surface area contributed by atoms with Gasteiger partial charge in [-0.25, -0.2) is 18.2 Å². The molecule has 0 spiro atoms. The van der Waals surface area contributed by atoms with Crippen LogP contribution in [0, 0.1) is 11.8 Å². The highest BCUT2D eigenvalue weighted by Gasteiger charge is 2.28. The van der Waals surface area contributed by atoms with Crippen LogP contribution in [-0.2, 0) is 25.0 Å². The zero-order valence-electron chi connectivity index (χ0n) is 27.5. The average Bonchev–Trinajstić information content (AvgIpc) is 3.86. The smallest absolute Gasteiger partial charge is 0.387 e. The van der Waals surface area contributed by atoms with Gasteiger partial charge in [-0.15, -0.1) is 0 Å². The first-order chi connectivity index (χ1) is 23.0. The zero-order valence-corrected chi connectivity index (χ0v) is 30.6. The van der Waals surface area contributed by atoms with Crippen LogP contribution in [0.15, 0.2) is 59.8 Å². The van der Waals surface area contributed by atoms with Crippen molar-refractivity contribution in [2.45, 2.75) is 56.8 Å². The van der Waals surface area contributed by atoms with Gasteiger partial charge in [-0.2, -0.15) is 8.78 Å².